The third-order valence-electron chi connectivity index (χ3n) is 6.03. The second-order valence-electron chi connectivity index (χ2n) is 8.84. The van der Waals surface area contributed by atoms with Crippen LogP contribution in [0.1, 0.15) is 26.2 Å². The molecule has 1 fully saturated rings. The van der Waals surface area contributed by atoms with Crippen LogP contribution in [0.5, 0.6) is 11.5 Å². The summed E-state index contributed by atoms with van der Waals surface area (Å²) in [4.78, 5) is 21.9. The molecule has 1 saturated heterocycles. The van der Waals surface area contributed by atoms with Gasteiger partial charge in [0.1, 0.15) is 22.4 Å². The number of nitrogens with zero attached hydrogens (tertiary/aromatic N) is 5. The van der Waals surface area contributed by atoms with Crippen molar-refractivity contribution in [1.82, 2.24) is 20.2 Å². The molecule has 0 amide bonds. The summed E-state index contributed by atoms with van der Waals surface area (Å²) < 4.78 is 6.25. The molecule has 37 heavy (non-hydrogen) atoms. The summed E-state index contributed by atoms with van der Waals surface area (Å²) >= 11 is 1.53. The van der Waals surface area contributed by atoms with Crippen molar-refractivity contribution in [3.05, 3.63) is 79.1 Å². The zero-order valence-electron chi connectivity index (χ0n) is 21.7. The first-order chi connectivity index (χ1) is 18.1. The summed E-state index contributed by atoms with van der Waals surface area (Å²) in [6.45, 7) is 4.16. The summed E-state index contributed by atoms with van der Waals surface area (Å²) in [6, 6.07) is 17.5. The van der Waals surface area contributed by atoms with Gasteiger partial charge >= 0.3 is 0 Å². The average Bonchev–Trinajstić information content (AvgIpc) is 3.14. The highest BCUT2D eigenvalue weighted by Gasteiger charge is 2.21. The third-order valence-corrected chi connectivity index (χ3v) is 6.93. The highest BCUT2D eigenvalue weighted by atomic mass is 32.2. The van der Waals surface area contributed by atoms with Crippen LogP contribution in [0.25, 0.3) is 0 Å². The number of amidine groups is 2. The molecule has 0 spiro atoms. The Morgan fingerprint density at radius 3 is 2.70 bits per heavy atom. The van der Waals surface area contributed by atoms with Crippen LogP contribution in [-0.4, -0.2) is 53.7 Å². The number of aromatic nitrogens is 2. The molecule has 1 aliphatic rings. The van der Waals surface area contributed by atoms with Crippen molar-refractivity contribution in [2.45, 2.75) is 36.1 Å². The van der Waals surface area contributed by atoms with Crippen molar-refractivity contribution in [3.8, 4) is 11.5 Å². The van der Waals surface area contributed by atoms with E-state index in [4.69, 9.17) is 9.73 Å². The summed E-state index contributed by atoms with van der Waals surface area (Å²) in [5, 5.41) is 4.38. The Morgan fingerprint density at radius 1 is 1.11 bits per heavy atom. The second kappa shape index (κ2) is 13.7. The van der Waals surface area contributed by atoms with Gasteiger partial charge in [0.25, 0.3) is 0 Å². The van der Waals surface area contributed by atoms with Gasteiger partial charge in [-0.05, 0) is 76.7 Å². The molecule has 1 N–H and O–H groups in total. The zero-order valence-corrected chi connectivity index (χ0v) is 22.5. The molecule has 192 valence electrons. The smallest absolute Gasteiger partial charge is 0.197 e. The lowest BCUT2D eigenvalue weighted by atomic mass is 9.99. The van der Waals surface area contributed by atoms with Crippen molar-refractivity contribution in [2.24, 2.45) is 15.9 Å². The molecule has 1 aliphatic heterocycles. The van der Waals surface area contributed by atoms with E-state index in [-0.39, 0.29) is 0 Å². The molecule has 1 aromatic carbocycles. The van der Waals surface area contributed by atoms with Gasteiger partial charge in [0, 0.05) is 36.3 Å². The van der Waals surface area contributed by atoms with Crippen LogP contribution < -0.4 is 10.1 Å². The lowest BCUT2D eigenvalue weighted by Gasteiger charge is -2.19. The molecule has 3 heterocycles. The van der Waals surface area contributed by atoms with Crippen LogP contribution in [0.2, 0.25) is 0 Å². The van der Waals surface area contributed by atoms with E-state index in [0.717, 1.165) is 53.9 Å². The summed E-state index contributed by atoms with van der Waals surface area (Å²) in [5.74, 6) is 3.79. The summed E-state index contributed by atoms with van der Waals surface area (Å²) in [6.07, 6.45) is 10.8. The molecule has 0 saturated carbocycles. The lowest BCUT2D eigenvalue weighted by molar-refractivity contribution is 0.347. The zero-order chi connectivity index (χ0) is 25.9. The minimum Gasteiger partial charge on any atom is -0.453 e. The maximum Gasteiger partial charge on any atom is 0.197 e. The van der Waals surface area contributed by atoms with E-state index >= 15 is 0 Å². The number of rotatable bonds is 7. The third kappa shape index (κ3) is 8.00. The number of hydrogen-bond acceptors (Lipinski definition) is 7. The molecule has 2 aromatic heterocycles. The fourth-order valence-corrected chi connectivity index (χ4v) is 4.92. The Bertz CT molecular complexity index is 1230. The Labute approximate surface area is 223 Å². The number of likely N-dealkylation sites (tertiary alicyclic amines) is 1. The number of hydrogen-bond donors (Lipinski definition) is 1. The molecule has 4 rings (SSSR count). The lowest BCUT2D eigenvalue weighted by Crippen LogP contribution is -2.35. The van der Waals surface area contributed by atoms with E-state index in [1.807, 2.05) is 80.7 Å². The molecular weight excluding hydrogens is 480 g/mol. The van der Waals surface area contributed by atoms with Crippen LogP contribution in [0, 0.1) is 5.92 Å². The van der Waals surface area contributed by atoms with Crippen LogP contribution >= 0.6 is 11.8 Å². The van der Waals surface area contributed by atoms with Crippen molar-refractivity contribution >= 4 is 29.3 Å². The van der Waals surface area contributed by atoms with Gasteiger partial charge < -0.3 is 15.0 Å². The molecule has 1 atom stereocenters. The van der Waals surface area contributed by atoms with E-state index in [1.165, 1.54) is 11.8 Å². The maximum absolute atomic E-state index is 6.25. The fourth-order valence-electron chi connectivity index (χ4n) is 4.14. The normalized spacial score (nSPS) is 17.5. The van der Waals surface area contributed by atoms with Gasteiger partial charge in [0.15, 0.2) is 11.6 Å². The number of pyridine rings is 2. The molecule has 0 bridgehead atoms. The number of para-hydroxylation sites is 1. The highest BCUT2D eigenvalue weighted by molar-refractivity contribution is 7.99. The molecule has 1 unspecified atom stereocenters. The van der Waals surface area contributed by atoms with Crippen molar-refractivity contribution in [3.63, 3.8) is 0 Å². The van der Waals surface area contributed by atoms with Crippen molar-refractivity contribution in [1.29, 1.82) is 0 Å². The minimum atomic E-state index is 0.371. The molecule has 3 aromatic rings. The van der Waals surface area contributed by atoms with E-state index in [9.17, 15) is 0 Å². The first kappa shape index (κ1) is 26.6. The highest BCUT2D eigenvalue weighted by Crippen LogP contribution is 2.35. The maximum atomic E-state index is 6.25. The van der Waals surface area contributed by atoms with Gasteiger partial charge in [-0.2, -0.15) is 0 Å². The largest absolute Gasteiger partial charge is 0.453 e. The van der Waals surface area contributed by atoms with Gasteiger partial charge in [0.2, 0.25) is 0 Å². The van der Waals surface area contributed by atoms with Crippen LogP contribution in [0.4, 0.5) is 5.82 Å². The van der Waals surface area contributed by atoms with E-state index in [0.29, 0.717) is 23.3 Å². The van der Waals surface area contributed by atoms with E-state index in [2.05, 4.69) is 32.2 Å². The Kier molecular flexibility index (Phi) is 9.85. The van der Waals surface area contributed by atoms with Gasteiger partial charge in [-0.25, -0.2) is 15.0 Å². The first-order valence-electron chi connectivity index (χ1n) is 12.6. The van der Waals surface area contributed by atoms with Crippen molar-refractivity contribution < 1.29 is 4.74 Å². The van der Waals surface area contributed by atoms with Gasteiger partial charge in [0.05, 0.1) is 0 Å². The van der Waals surface area contributed by atoms with Gasteiger partial charge in [-0.3, -0.25) is 4.99 Å². The number of ether oxygens (including phenoxy) is 1. The van der Waals surface area contributed by atoms with Crippen LogP contribution in [0.15, 0.2) is 99.0 Å². The monoisotopic (exact) mass is 514 g/mol. The Hall–Kier alpha value is -3.49. The Morgan fingerprint density at radius 2 is 1.95 bits per heavy atom. The Balaban J connectivity index is 1.63. The number of aliphatic imine (C=N–C) groups is 2. The standard InChI is InChI=1S/C29H34N6OS/c1-4-11-26(33-28(30-2)22-12-10-18-35(3)19-16-22)34-29-25(36-23-13-6-5-7-14-23)20-24(21-32-29)37-27-15-8-9-17-31-27/h4-9,11,13-15,17,20-22H,10,12,16,18-19H2,1-3H3,(H,30,32,33,34)/b11-4+. The second-order valence-corrected chi connectivity index (χ2v) is 9.93. The summed E-state index contributed by atoms with van der Waals surface area (Å²) in [7, 11) is 4.02. The van der Waals surface area contributed by atoms with E-state index in [1.54, 1.807) is 12.4 Å². The molecular formula is C29H34N6OS. The predicted octanol–water partition coefficient (Wildman–Crippen LogP) is 6.38. The molecule has 7 nitrogen and oxygen atoms in total. The van der Waals surface area contributed by atoms with Crippen LogP contribution in [0.3, 0.4) is 0 Å². The molecule has 0 aliphatic carbocycles. The number of allylic oxidation sites excluding steroid dienone is 1. The number of nitrogens with one attached hydrogen (secondary N) is 1. The van der Waals surface area contributed by atoms with Crippen molar-refractivity contribution in [2.75, 3.05) is 27.2 Å². The first-order valence-corrected chi connectivity index (χ1v) is 13.4. The van der Waals surface area contributed by atoms with Gasteiger partial charge in [-0.1, -0.05) is 42.1 Å². The van der Waals surface area contributed by atoms with Crippen LogP contribution in [-0.2, 0) is 0 Å². The SMILES string of the molecule is C/C=C/C(=N\c1ncc(Sc2ccccn2)cc1Oc1ccccc1)NC(=NC)C1CCCN(C)CC1. The number of benzene rings is 1. The summed E-state index contributed by atoms with van der Waals surface area (Å²) in [5.41, 5.74) is 0. The minimum absolute atomic E-state index is 0.371. The molecule has 0 radical (unpaired) electrons. The van der Waals surface area contributed by atoms with E-state index < -0.39 is 0 Å². The fraction of sp³-hybridized carbons (Fsp3) is 0.310. The quantitative estimate of drug-likeness (QED) is 0.291. The average molecular weight is 515 g/mol. The molecule has 8 heteroatoms. The van der Waals surface area contributed by atoms with Gasteiger partial charge in [-0.15, -0.1) is 0 Å². The predicted molar refractivity (Wildman–Crippen MR) is 152 cm³/mol. The topological polar surface area (TPSA) is 75.0 Å².